The molecule has 29 heavy (non-hydrogen) atoms. The highest BCUT2D eigenvalue weighted by molar-refractivity contribution is 6.47. The molecule has 2 N–H and O–H groups in total. The van der Waals surface area contributed by atoms with Crippen molar-refractivity contribution < 1.29 is 23.6 Å². The van der Waals surface area contributed by atoms with Crippen molar-refractivity contribution in [2.45, 2.75) is 90.5 Å². The summed E-state index contributed by atoms with van der Waals surface area (Å²) in [6.07, 6.45) is 5.22. The van der Waals surface area contributed by atoms with Crippen molar-refractivity contribution >= 4 is 19.1 Å². The molecule has 5 aliphatic rings. The molecule has 5 unspecified atom stereocenters. The number of hydrogen-bond acceptors (Lipinski definition) is 5. The predicted molar refractivity (Wildman–Crippen MR) is 109 cm³/mol. The van der Waals surface area contributed by atoms with Crippen molar-refractivity contribution in [2.24, 2.45) is 23.2 Å². The van der Waals surface area contributed by atoms with E-state index in [0.717, 1.165) is 12.8 Å². The van der Waals surface area contributed by atoms with Gasteiger partial charge in [0.05, 0.1) is 24.7 Å². The van der Waals surface area contributed by atoms with Gasteiger partial charge in [-0.1, -0.05) is 26.7 Å². The van der Waals surface area contributed by atoms with Crippen molar-refractivity contribution in [3.63, 3.8) is 0 Å². The van der Waals surface area contributed by atoms with Crippen LogP contribution in [-0.4, -0.2) is 49.4 Å². The van der Waals surface area contributed by atoms with Gasteiger partial charge in [-0.05, 0) is 63.2 Å². The quantitative estimate of drug-likeness (QED) is 0.663. The average Bonchev–Trinajstić information content (AvgIpc) is 3.31. The molecule has 162 valence electrons. The van der Waals surface area contributed by atoms with E-state index in [0.29, 0.717) is 23.2 Å². The SMILES string of the molecule is CC(C)(C)OC(=O)NCC(=O)NC(CC1CC1)B1OC2CC3CC(C2O1)C3(C)C. The number of carbonyl (C=O) groups excluding carboxylic acids is 2. The molecule has 7 nitrogen and oxygen atoms in total. The Morgan fingerprint density at radius 2 is 1.93 bits per heavy atom. The van der Waals surface area contributed by atoms with Crippen LogP contribution in [-0.2, 0) is 18.8 Å². The third-order valence-corrected chi connectivity index (χ3v) is 7.18. The normalized spacial score (nSPS) is 33.3. The van der Waals surface area contributed by atoms with E-state index in [-0.39, 0.29) is 30.6 Å². The first-order valence-electron chi connectivity index (χ1n) is 11.1. The second-order valence-electron chi connectivity index (χ2n) is 10.9. The molecule has 4 aliphatic carbocycles. The zero-order valence-electron chi connectivity index (χ0n) is 18.3. The molecule has 0 aromatic carbocycles. The summed E-state index contributed by atoms with van der Waals surface area (Å²) >= 11 is 0. The maximum atomic E-state index is 12.5. The van der Waals surface area contributed by atoms with E-state index < -0.39 is 18.8 Å². The standard InChI is InChI=1S/C21H35BN2O5/c1-20(2,3)27-19(26)23-11-17(25)24-16(8-12-6-7-12)22-28-15-10-13-9-14(18(15)29-22)21(13,4)5/h12-16,18H,6-11H2,1-5H3,(H,23,26)(H,24,25). The van der Waals surface area contributed by atoms with Crippen LogP contribution in [0.25, 0.3) is 0 Å². The van der Waals surface area contributed by atoms with Crippen molar-refractivity contribution in [3.05, 3.63) is 0 Å². The predicted octanol–water partition coefficient (Wildman–Crippen LogP) is 2.67. The fraction of sp³-hybridized carbons (Fsp3) is 0.905. The molecule has 5 rings (SSSR count). The van der Waals surface area contributed by atoms with Crippen LogP contribution < -0.4 is 10.6 Å². The molecule has 1 saturated heterocycles. The number of hydrogen-bond donors (Lipinski definition) is 2. The zero-order chi connectivity index (χ0) is 21.0. The fourth-order valence-electron chi connectivity index (χ4n) is 5.23. The molecule has 1 heterocycles. The molecule has 8 heteroatoms. The van der Waals surface area contributed by atoms with Crippen LogP contribution in [0.2, 0.25) is 0 Å². The van der Waals surface area contributed by atoms with E-state index in [9.17, 15) is 9.59 Å². The Bertz CT molecular complexity index is 660. The molecule has 2 bridgehead atoms. The lowest BCUT2D eigenvalue weighted by molar-refractivity contribution is -0.150. The molecule has 0 spiro atoms. The summed E-state index contributed by atoms with van der Waals surface area (Å²) in [6.45, 7) is 9.93. The zero-order valence-corrected chi connectivity index (χ0v) is 18.3. The van der Waals surface area contributed by atoms with Crippen molar-refractivity contribution in [1.82, 2.24) is 10.6 Å². The van der Waals surface area contributed by atoms with Crippen molar-refractivity contribution in [2.75, 3.05) is 6.54 Å². The largest absolute Gasteiger partial charge is 0.481 e. The molecular formula is C21H35BN2O5. The van der Waals surface area contributed by atoms with Crippen LogP contribution in [0.4, 0.5) is 4.79 Å². The first-order valence-corrected chi connectivity index (χ1v) is 11.1. The molecule has 0 radical (unpaired) electrons. The Morgan fingerprint density at radius 1 is 1.21 bits per heavy atom. The van der Waals surface area contributed by atoms with E-state index in [2.05, 4.69) is 24.5 Å². The molecule has 2 amide bonds. The molecule has 0 aromatic heterocycles. The van der Waals surface area contributed by atoms with Gasteiger partial charge in [0, 0.05) is 0 Å². The van der Waals surface area contributed by atoms with Gasteiger partial charge in [0.1, 0.15) is 5.60 Å². The Labute approximate surface area is 174 Å². The summed E-state index contributed by atoms with van der Waals surface area (Å²) < 4.78 is 17.9. The third-order valence-electron chi connectivity index (χ3n) is 7.18. The average molecular weight is 406 g/mol. The Morgan fingerprint density at radius 3 is 2.55 bits per heavy atom. The molecule has 0 aromatic rings. The summed E-state index contributed by atoms with van der Waals surface area (Å²) in [5, 5.41) is 5.57. The van der Waals surface area contributed by atoms with Crippen molar-refractivity contribution in [1.29, 1.82) is 0 Å². The van der Waals surface area contributed by atoms with Crippen molar-refractivity contribution in [3.8, 4) is 0 Å². The molecule has 4 saturated carbocycles. The smallest absolute Gasteiger partial charge is 0.444 e. The maximum absolute atomic E-state index is 12.5. The van der Waals surface area contributed by atoms with E-state index >= 15 is 0 Å². The van der Waals surface area contributed by atoms with Gasteiger partial charge in [0.25, 0.3) is 0 Å². The van der Waals surface area contributed by atoms with E-state index in [4.69, 9.17) is 14.0 Å². The van der Waals surface area contributed by atoms with Gasteiger partial charge in [-0.25, -0.2) is 4.79 Å². The molecular weight excluding hydrogens is 371 g/mol. The topological polar surface area (TPSA) is 85.9 Å². The van der Waals surface area contributed by atoms with Gasteiger partial charge < -0.3 is 24.7 Å². The second-order valence-corrected chi connectivity index (χ2v) is 10.9. The van der Waals surface area contributed by atoms with E-state index in [1.165, 1.54) is 19.3 Å². The van der Waals surface area contributed by atoms with Gasteiger partial charge in [-0.3, -0.25) is 4.79 Å². The summed E-state index contributed by atoms with van der Waals surface area (Å²) in [6, 6.07) is 0. The number of amides is 2. The first-order chi connectivity index (χ1) is 13.5. The Balaban J connectivity index is 1.31. The second kappa shape index (κ2) is 7.45. The minimum atomic E-state index is -0.592. The lowest BCUT2D eigenvalue weighted by Gasteiger charge is -2.60. The minimum Gasteiger partial charge on any atom is -0.444 e. The van der Waals surface area contributed by atoms with Crippen LogP contribution in [0, 0.1) is 23.2 Å². The Hall–Kier alpha value is -1.28. The lowest BCUT2D eigenvalue weighted by Crippen LogP contribution is -2.59. The maximum Gasteiger partial charge on any atom is 0.481 e. The van der Waals surface area contributed by atoms with Crippen LogP contribution in [0.3, 0.4) is 0 Å². The van der Waals surface area contributed by atoms with E-state index in [1.807, 2.05) is 0 Å². The summed E-state index contributed by atoms with van der Waals surface area (Å²) in [7, 11) is -0.397. The number of rotatable bonds is 6. The summed E-state index contributed by atoms with van der Waals surface area (Å²) in [5.41, 5.74) is -0.267. The van der Waals surface area contributed by atoms with Gasteiger partial charge in [-0.2, -0.15) is 0 Å². The first kappa shape index (κ1) is 21.0. The fourth-order valence-corrected chi connectivity index (χ4v) is 5.23. The minimum absolute atomic E-state index is 0.118. The number of nitrogens with one attached hydrogen (secondary N) is 2. The highest BCUT2D eigenvalue weighted by Gasteiger charge is 2.62. The lowest BCUT2D eigenvalue weighted by atomic mass is 9.47. The monoisotopic (exact) mass is 406 g/mol. The van der Waals surface area contributed by atoms with Gasteiger partial charge in [0.2, 0.25) is 5.91 Å². The Kier molecular flexibility index (Phi) is 5.39. The summed E-state index contributed by atoms with van der Waals surface area (Å²) in [4.78, 5) is 24.3. The van der Waals surface area contributed by atoms with Crippen LogP contribution >= 0.6 is 0 Å². The highest BCUT2D eigenvalue weighted by atomic mass is 16.7. The molecule has 5 fully saturated rings. The van der Waals surface area contributed by atoms with Gasteiger partial charge in [0.15, 0.2) is 0 Å². The van der Waals surface area contributed by atoms with Gasteiger partial charge >= 0.3 is 13.2 Å². The number of carbonyl (C=O) groups is 2. The summed E-state index contributed by atoms with van der Waals surface area (Å²) in [5.74, 6) is 1.46. The van der Waals surface area contributed by atoms with Crippen LogP contribution in [0.5, 0.6) is 0 Å². The third kappa shape index (κ3) is 4.58. The van der Waals surface area contributed by atoms with Gasteiger partial charge in [-0.15, -0.1) is 0 Å². The number of alkyl carbamates (subject to hydrolysis) is 1. The molecule has 1 aliphatic heterocycles. The number of ether oxygens (including phenoxy) is 1. The molecule has 5 atom stereocenters. The van der Waals surface area contributed by atoms with Crippen LogP contribution in [0.1, 0.15) is 66.7 Å². The highest BCUT2D eigenvalue weighted by Crippen LogP contribution is 2.61. The van der Waals surface area contributed by atoms with Crippen LogP contribution in [0.15, 0.2) is 0 Å². The van der Waals surface area contributed by atoms with E-state index in [1.54, 1.807) is 20.8 Å².